The molecule has 0 spiro atoms. The summed E-state index contributed by atoms with van der Waals surface area (Å²) in [5.74, 6) is 0.216. The number of nitrogens with zero attached hydrogens (tertiary/aromatic N) is 1. The topological polar surface area (TPSA) is 36.2 Å². The predicted molar refractivity (Wildman–Crippen MR) is 233 cm³/mol. The average Bonchev–Trinajstić information content (AvgIpc) is 3.49. The Labute approximate surface area is 323 Å². The minimum absolute atomic E-state index is 0.122. The van der Waals surface area contributed by atoms with Gasteiger partial charge in [0.2, 0.25) is 0 Å². The number of nitrogens with one attached hydrogen (secondary N) is 1. The molecule has 1 aliphatic carbocycles. The molecule has 9 rings (SSSR count). The zero-order valence-corrected chi connectivity index (χ0v) is 31.0. The predicted octanol–water partition coefficient (Wildman–Crippen LogP) is 13.7. The molecule has 0 bridgehead atoms. The van der Waals surface area contributed by atoms with E-state index in [2.05, 4.69) is 172 Å². The van der Waals surface area contributed by atoms with Crippen LogP contribution in [0.4, 0.5) is 0 Å². The molecular weight excluding hydrogens is 665 g/mol. The first-order valence-corrected chi connectivity index (χ1v) is 18.9. The van der Waals surface area contributed by atoms with Crippen molar-refractivity contribution in [1.29, 1.82) is 5.41 Å². The Morgan fingerprint density at radius 1 is 0.491 bits per heavy atom. The highest BCUT2D eigenvalue weighted by Crippen LogP contribution is 2.52. The van der Waals surface area contributed by atoms with Gasteiger partial charge in [-0.3, -0.25) is 5.41 Å². The van der Waals surface area contributed by atoms with E-state index >= 15 is 0 Å². The van der Waals surface area contributed by atoms with Crippen LogP contribution in [0.5, 0.6) is 0 Å². The van der Waals surface area contributed by atoms with Crippen LogP contribution in [0, 0.1) is 5.41 Å². The second kappa shape index (κ2) is 14.2. The summed E-state index contributed by atoms with van der Waals surface area (Å²) in [6.45, 7) is 4.70. The van der Waals surface area contributed by atoms with Gasteiger partial charge in [0.05, 0.1) is 5.71 Å². The molecule has 8 aromatic carbocycles. The van der Waals surface area contributed by atoms with Crippen LogP contribution in [-0.4, -0.2) is 11.5 Å². The van der Waals surface area contributed by atoms with Crippen molar-refractivity contribution in [2.45, 2.75) is 19.3 Å². The van der Waals surface area contributed by atoms with Gasteiger partial charge in [-0.15, -0.1) is 0 Å². The monoisotopic (exact) mass is 704 g/mol. The normalized spacial score (nSPS) is 13.2. The number of amidine groups is 1. The number of allylic oxidation sites excluding steroid dienone is 1. The summed E-state index contributed by atoms with van der Waals surface area (Å²) in [6.07, 6.45) is 4.25. The lowest BCUT2D eigenvalue weighted by atomic mass is 9.78. The maximum atomic E-state index is 9.12. The molecule has 0 atom stereocenters. The quantitative estimate of drug-likeness (QED) is 0.127. The van der Waals surface area contributed by atoms with E-state index in [1.54, 1.807) is 0 Å². The summed E-state index contributed by atoms with van der Waals surface area (Å²) >= 11 is 0. The minimum atomic E-state index is -0.122. The van der Waals surface area contributed by atoms with Crippen LogP contribution in [0.3, 0.4) is 0 Å². The standard InChI is InChI=1S/C53H40N2/c1-53(2)49-28-15-14-25-44(49)47-27-16-26-46(51(47)53)43-32-29-38(41-23-12-13-24-42(41)43)31-34-50(55-52(54)39-21-10-5-11-22-39)45-33-30-40(36-17-6-3-7-18-36)35-48(45)37-19-8-4-9-20-37/h3-35,54H,1-2H3/b34-31+,54-52?,55-50?. The van der Waals surface area contributed by atoms with Crippen LogP contribution in [0.25, 0.3) is 61.4 Å². The van der Waals surface area contributed by atoms with Crippen molar-refractivity contribution in [3.8, 4) is 44.5 Å². The van der Waals surface area contributed by atoms with E-state index in [1.165, 1.54) is 44.2 Å². The van der Waals surface area contributed by atoms with E-state index in [0.29, 0.717) is 0 Å². The van der Waals surface area contributed by atoms with Gasteiger partial charge in [-0.1, -0.05) is 202 Å². The Balaban J connectivity index is 1.19. The van der Waals surface area contributed by atoms with Crippen molar-refractivity contribution in [1.82, 2.24) is 0 Å². The van der Waals surface area contributed by atoms with Crippen LogP contribution in [0.15, 0.2) is 199 Å². The molecule has 8 aromatic rings. The highest BCUT2D eigenvalue weighted by molar-refractivity contribution is 6.20. The Bertz CT molecular complexity index is 2770. The van der Waals surface area contributed by atoms with Crippen LogP contribution < -0.4 is 0 Å². The molecule has 0 amide bonds. The largest absolute Gasteiger partial charge is 0.282 e. The molecule has 0 saturated carbocycles. The molecule has 0 aliphatic heterocycles. The molecule has 0 saturated heterocycles. The summed E-state index contributed by atoms with van der Waals surface area (Å²) in [4.78, 5) is 5.05. The zero-order chi connectivity index (χ0) is 37.4. The first kappa shape index (κ1) is 33.9. The molecule has 0 unspecified atom stereocenters. The maximum absolute atomic E-state index is 9.12. The van der Waals surface area contributed by atoms with E-state index in [9.17, 15) is 0 Å². The summed E-state index contributed by atoms with van der Waals surface area (Å²) in [5, 5.41) is 11.5. The fourth-order valence-electron chi connectivity index (χ4n) is 8.35. The molecule has 2 heteroatoms. The van der Waals surface area contributed by atoms with Crippen molar-refractivity contribution in [2.75, 3.05) is 0 Å². The van der Waals surface area contributed by atoms with Crippen LogP contribution in [0.2, 0.25) is 0 Å². The highest BCUT2D eigenvalue weighted by atomic mass is 14.8. The second-order valence-corrected chi connectivity index (χ2v) is 14.7. The lowest BCUT2D eigenvalue weighted by Gasteiger charge is -2.25. The average molecular weight is 705 g/mol. The van der Waals surface area contributed by atoms with E-state index in [4.69, 9.17) is 10.4 Å². The van der Waals surface area contributed by atoms with Crippen LogP contribution in [0.1, 0.15) is 41.7 Å². The fraction of sp³-hybridized carbons (Fsp3) is 0.0566. The molecular formula is C53H40N2. The highest BCUT2D eigenvalue weighted by Gasteiger charge is 2.37. The first-order valence-electron chi connectivity index (χ1n) is 18.9. The number of hydrogen-bond donors (Lipinski definition) is 1. The zero-order valence-electron chi connectivity index (χ0n) is 31.0. The van der Waals surface area contributed by atoms with E-state index in [-0.39, 0.29) is 11.3 Å². The summed E-state index contributed by atoms with van der Waals surface area (Å²) in [6, 6.07) is 66.1. The van der Waals surface area contributed by atoms with Crippen molar-refractivity contribution in [3.63, 3.8) is 0 Å². The van der Waals surface area contributed by atoms with E-state index in [0.717, 1.165) is 44.7 Å². The van der Waals surface area contributed by atoms with Crippen LogP contribution in [-0.2, 0) is 5.41 Å². The Kier molecular flexibility index (Phi) is 8.72. The van der Waals surface area contributed by atoms with E-state index < -0.39 is 0 Å². The lowest BCUT2D eigenvalue weighted by molar-refractivity contribution is 0.662. The molecule has 1 aliphatic rings. The Morgan fingerprint density at radius 3 is 1.84 bits per heavy atom. The van der Waals surface area contributed by atoms with Crippen molar-refractivity contribution in [3.05, 3.63) is 222 Å². The number of fused-ring (bicyclic) bond motifs is 4. The van der Waals surface area contributed by atoms with Gasteiger partial charge in [-0.05, 0) is 84.1 Å². The van der Waals surface area contributed by atoms with Gasteiger partial charge in [-0.25, -0.2) is 4.99 Å². The molecule has 2 nitrogen and oxygen atoms in total. The van der Waals surface area contributed by atoms with E-state index in [1.807, 2.05) is 42.5 Å². The van der Waals surface area contributed by atoms with Gasteiger partial charge in [0.15, 0.2) is 5.84 Å². The summed E-state index contributed by atoms with van der Waals surface area (Å²) in [5.41, 5.74) is 15.8. The third kappa shape index (κ3) is 6.22. The summed E-state index contributed by atoms with van der Waals surface area (Å²) < 4.78 is 0. The molecule has 1 N–H and O–H groups in total. The number of rotatable bonds is 7. The third-order valence-corrected chi connectivity index (χ3v) is 11.0. The molecule has 55 heavy (non-hydrogen) atoms. The molecule has 0 fully saturated rings. The van der Waals surface area contributed by atoms with Gasteiger partial charge in [0.1, 0.15) is 0 Å². The van der Waals surface area contributed by atoms with Crippen molar-refractivity contribution in [2.24, 2.45) is 4.99 Å². The molecule has 0 aromatic heterocycles. The van der Waals surface area contributed by atoms with Gasteiger partial charge < -0.3 is 0 Å². The Morgan fingerprint density at radius 2 is 1.09 bits per heavy atom. The second-order valence-electron chi connectivity index (χ2n) is 14.7. The minimum Gasteiger partial charge on any atom is -0.282 e. The van der Waals surface area contributed by atoms with Crippen LogP contribution >= 0.6 is 0 Å². The number of hydrogen-bond acceptors (Lipinski definition) is 1. The van der Waals surface area contributed by atoms with Gasteiger partial charge in [0.25, 0.3) is 0 Å². The number of aliphatic imine (C=N–C) groups is 1. The fourth-order valence-corrected chi connectivity index (χ4v) is 8.35. The molecule has 0 heterocycles. The SMILES string of the molecule is CC1(C)c2ccccc2-c2cccc(-c3ccc(/C=C/C(=NC(=N)c4ccccc4)c4ccc(-c5ccccc5)cc4-c4ccccc4)c4ccccc34)c21. The van der Waals surface area contributed by atoms with Gasteiger partial charge in [0, 0.05) is 16.5 Å². The molecule has 262 valence electrons. The van der Waals surface area contributed by atoms with Crippen molar-refractivity contribution < 1.29 is 0 Å². The maximum Gasteiger partial charge on any atom is 0.152 e. The lowest BCUT2D eigenvalue weighted by Crippen LogP contribution is -2.16. The number of benzene rings is 8. The first-order chi connectivity index (χ1) is 27.0. The summed E-state index contributed by atoms with van der Waals surface area (Å²) in [7, 11) is 0. The molecule has 0 radical (unpaired) electrons. The third-order valence-electron chi connectivity index (χ3n) is 11.0. The van der Waals surface area contributed by atoms with Gasteiger partial charge >= 0.3 is 0 Å². The Hall–Kier alpha value is -6.90. The van der Waals surface area contributed by atoms with Gasteiger partial charge in [-0.2, -0.15) is 0 Å². The smallest absolute Gasteiger partial charge is 0.152 e. The van der Waals surface area contributed by atoms with Crippen molar-refractivity contribution >= 4 is 28.4 Å².